The second-order valence-corrected chi connectivity index (χ2v) is 7.15. The number of nitrogens with zero attached hydrogens (tertiary/aromatic N) is 2. The fourth-order valence-electron chi connectivity index (χ4n) is 3.06. The van der Waals surface area contributed by atoms with Gasteiger partial charge in [-0.3, -0.25) is 4.68 Å². The van der Waals surface area contributed by atoms with E-state index < -0.39 is 0 Å². The monoisotopic (exact) mass is 327 g/mol. The number of likely N-dealkylation sites (N-methyl/N-ethyl adjacent to an activating group) is 1. The van der Waals surface area contributed by atoms with Crippen molar-refractivity contribution >= 4 is 15.9 Å². The minimum absolute atomic E-state index is 0.505. The van der Waals surface area contributed by atoms with Crippen LogP contribution < -0.4 is 5.32 Å². The van der Waals surface area contributed by atoms with Crippen LogP contribution in [0.3, 0.4) is 0 Å². The van der Waals surface area contributed by atoms with Gasteiger partial charge in [0.2, 0.25) is 0 Å². The van der Waals surface area contributed by atoms with E-state index in [-0.39, 0.29) is 0 Å². The van der Waals surface area contributed by atoms with Crippen molar-refractivity contribution in [1.29, 1.82) is 0 Å². The van der Waals surface area contributed by atoms with E-state index in [1.165, 1.54) is 22.3 Å². The van der Waals surface area contributed by atoms with Crippen LogP contribution in [0.25, 0.3) is 0 Å². The lowest BCUT2D eigenvalue weighted by Gasteiger charge is -2.20. The SMILES string of the molecule is CCNC(Cc1c(Br)c(CC)nn1C)C1CC1(C)C. The molecule has 1 fully saturated rings. The molecule has 2 unspecified atom stereocenters. The lowest BCUT2D eigenvalue weighted by atomic mass is 9.99. The van der Waals surface area contributed by atoms with Gasteiger partial charge in [0.1, 0.15) is 0 Å². The predicted molar refractivity (Wildman–Crippen MR) is 83.3 cm³/mol. The minimum Gasteiger partial charge on any atom is -0.314 e. The second kappa shape index (κ2) is 5.57. The Kier molecular flexibility index (Phi) is 4.41. The van der Waals surface area contributed by atoms with Crippen LogP contribution >= 0.6 is 15.9 Å². The number of aryl methyl sites for hydroxylation is 2. The molecular formula is C15H26BrN3. The Hall–Kier alpha value is -0.350. The molecule has 4 heteroatoms. The van der Waals surface area contributed by atoms with Gasteiger partial charge < -0.3 is 5.32 Å². The molecule has 0 bridgehead atoms. The molecule has 0 saturated heterocycles. The van der Waals surface area contributed by atoms with E-state index in [1.807, 2.05) is 4.68 Å². The first-order chi connectivity index (χ1) is 8.90. The van der Waals surface area contributed by atoms with Gasteiger partial charge in [0, 0.05) is 19.5 Å². The Balaban J connectivity index is 2.16. The van der Waals surface area contributed by atoms with Crippen LogP contribution in [-0.4, -0.2) is 22.4 Å². The van der Waals surface area contributed by atoms with Crippen LogP contribution in [0.1, 0.15) is 45.5 Å². The molecule has 0 amide bonds. The van der Waals surface area contributed by atoms with Crippen molar-refractivity contribution < 1.29 is 0 Å². The van der Waals surface area contributed by atoms with Gasteiger partial charge in [-0.05, 0) is 46.6 Å². The van der Waals surface area contributed by atoms with E-state index >= 15 is 0 Å². The van der Waals surface area contributed by atoms with Gasteiger partial charge in [-0.1, -0.05) is 27.7 Å². The molecule has 1 saturated carbocycles. The van der Waals surface area contributed by atoms with Crippen molar-refractivity contribution in [1.82, 2.24) is 15.1 Å². The van der Waals surface area contributed by atoms with Crippen LogP contribution in [0.4, 0.5) is 0 Å². The maximum Gasteiger partial charge on any atom is 0.0766 e. The van der Waals surface area contributed by atoms with Crippen molar-refractivity contribution in [3.8, 4) is 0 Å². The zero-order chi connectivity index (χ0) is 14.2. The van der Waals surface area contributed by atoms with Crippen LogP contribution in [0, 0.1) is 11.3 Å². The Morgan fingerprint density at radius 3 is 2.53 bits per heavy atom. The fraction of sp³-hybridized carbons (Fsp3) is 0.800. The van der Waals surface area contributed by atoms with Crippen LogP contribution in [0.2, 0.25) is 0 Å². The smallest absolute Gasteiger partial charge is 0.0766 e. The van der Waals surface area contributed by atoms with Crippen molar-refractivity contribution in [3.05, 3.63) is 15.9 Å². The summed E-state index contributed by atoms with van der Waals surface area (Å²) in [5.41, 5.74) is 3.00. The standard InChI is InChI=1S/C15H26BrN3/c1-6-11-14(16)13(19(5)18-11)8-12(17-7-2)10-9-15(10,3)4/h10,12,17H,6-9H2,1-5H3. The first-order valence-electron chi connectivity index (χ1n) is 7.34. The molecule has 1 aromatic rings. The van der Waals surface area contributed by atoms with E-state index in [0.717, 1.165) is 25.3 Å². The molecule has 0 spiro atoms. The van der Waals surface area contributed by atoms with Gasteiger partial charge in [0.05, 0.1) is 15.9 Å². The number of hydrogen-bond donors (Lipinski definition) is 1. The number of hydrogen-bond acceptors (Lipinski definition) is 2. The summed E-state index contributed by atoms with van der Waals surface area (Å²) >= 11 is 3.73. The Bertz CT molecular complexity index is 450. The van der Waals surface area contributed by atoms with Gasteiger partial charge in [-0.25, -0.2) is 0 Å². The van der Waals surface area contributed by atoms with Crippen molar-refractivity contribution in [2.45, 2.75) is 53.0 Å². The zero-order valence-corrected chi connectivity index (χ0v) is 14.3. The third-order valence-corrected chi connectivity index (χ3v) is 5.37. The first kappa shape index (κ1) is 15.0. The second-order valence-electron chi connectivity index (χ2n) is 6.35. The third kappa shape index (κ3) is 3.05. The number of rotatable bonds is 6. The summed E-state index contributed by atoms with van der Waals surface area (Å²) < 4.78 is 3.25. The molecule has 2 atom stereocenters. The van der Waals surface area contributed by atoms with Crippen molar-refractivity contribution in [2.75, 3.05) is 6.54 Å². The molecule has 108 valence electrons. The summed E-state index contributed by atoms with van der Waals surface area (Å²) in [6.45, 7) is 10.1. The molecule has 0 radical (unpaired) electrons. The zero-order valence-electron chi connectivity index (χ0n) is 12.8. The Labute approximate surface area is 125 Å². The average Bonchev–Trinajstić information content (AvgIpc) is 2.90. The first-order valence-corrected chi connectivity index (χ1v) is 8.13. The van der Waals surface area contributed by atoms with Gasteiger partial charge in [0.25, 0.3) is 0 Å². The summed E-state index contributed by atoms with van der Waals surface area (Å²) in [6.07, 6.45) is 3.38. The average molecular weight is 328 g/mol. The predicted octanol–water partition coefficient (Wildman–Crippen LogP) is 3.31. The molecule has 2 rings (SSSR count). The summed E-state index contributed by atoms with van der Waals surface area (Å²) in [7, 11) is 2.06. The normalized spacial score (nSPS) is 22.5. The summed E-state index contributed by atoms with van der Waals surface area (Å²) in [4.78, 5) is 0. The summed E-state index contributed by atoms with van der Waals surface area (Å²) in [5, 5.41) is 8.27. The lowest BCUT2D eigenvalue weighted by Crippen LogP contribution is -2.35. The van der Waals surface area contributed by atoms with E-state index in [2.05, 4.69) is 61.1 Å². The molecule has 3 nitrogen and oxygen atoms in total. The molecule has 1 N–H and O–H groups in total. The van der Waals surface area contributed by atoms with Crippen molar-refractivity contribution in [3.63, 3.8) is 0 Å². The molecule has 0 aliphatic heterocycles. The quantitative estimate of drug-likeness (QED) is 0.868. The molecule has 1 aromatic heterocycles. The maximum atomic E-state index is 4.60. The van der Waals surface area contributed by atoms with E-state index in [4.69, 9.17) is 0 Å². The van der Waals surface area contributed by atoms with Gasteiger partial charge in [-0.2, -0.15) is 5.10 Å². The van der Waals surface area contributed by atoms with Gasteiger partial charge >= 0.3 is 0 Å². The van der Waals surface area contributed by atoms with Crippen molar-refractivity contribution in [2.24, 2.45) is 18.4 Å². The third-order valence-electron chi connectivity index (χ3n) is 4.46. The van der Waals surface area contributed by atoms with Crippen LogP contribution in [-0.2, 0) is 19.9 Å². The largest absolute Gasteiger partial charge is 0.314 e. The highest BCUT2D eigenvalue weighted by Crippen LogP contribution is 2.54. The lowest BCUT2D eigenvalue weighted by molar-refractivity contribution is 0.402. The topological polar surface area (TPSA) is 29.9 Å². The highest BCUT2D eigenvalue weighted by molar-refractivity contribution is 9.10. The molecule has 19 heavy (non-hydrogen) atoms. The Morgan fingerprint density at radius 2 is 2.11 bits per heavy atom. The highest BCUT2D eigenvalue weighted by atomic mass is 79.9. The maximum absolute atomic E-state index is 4.60. The van der Waals surface area contributed by atoms with E-state index in [9.17, 15) is 0 Å². The van der Waals surface area contributed by atoms with Gasteiger partial charge in [-0.15, -0.1) is 0 Å². The van der Waals surface area contributed by atoms with E-state index in [1.54, 1.807) is 0 Å². The minimum atomic E-state index is 0.505. The summed E-state index contributed by atoms with van der Waals surface area (Å²) in [5.74, 6) is 0.791. The molecule has 1 aliphatic rings. The number of halogens is 1. The van der Waals surface area contributed by atoms with Gasteiger partial charge in [0.15, 0.2) is 0 Å². The molecule has 0 aromatic carbocycles. The van der Waals surface area contributed by atoms with Crippen LogP contribution in [0.15, 0.2) is 4.47 Å². The highest BCUT2D eigenvalue weighted by Gasteiger charge is 2.49. The van der Waals surface area contributed by atoms with Crippen LogP contribution in [0.5, 0.6) is 0 Å². The Morgan fingerprint density at radius 1 is 1.47 bits per heavy atom. The molecule has 1 aliphatic carbocycles. The summed E-state index contributed by atoms with van der Waals surface area (Å²) in [6, 6.07) is 0.566. The number of nitrogens with one attached hydrogen (secondary N) is 1. The van der Waals surface area contributed by atoms with E-state index in [0.29, 0.717) is 11.5 Å². The molecule has 1 heterocycles. The molecular weight excluding hydrogens is 302 g/mol. The number of aromatic nitrogens is 2. The fourth-order valence-corrected chi connectivity index (χ4v) is 3.84.